The van der Waals surface area contributed by atoms with Crippen LogP contribution in [-0.2, 0) is 4.79 Å². The molecule has 4 N–H and O–H groups in total. The van der Waals surface area contributed by atoms with Crippen molar-refractivity contribution >= 4 is 29.2 Å². The molecule has 1 rings (SSSR count). The van der Waals surface area contributed by atoms with Gasteiger partial charge in [-0.2, -0.15) is 0 Å². The van der Waals surface area contributed by atoms with Crippen LogP contribution in [0.5, 0.6) is 0 Å². The number of hydrogen-bond acceptors (Lipinski definition) is 3. The molecule has 0 fully saturated rings. The van der Waals surface area contributed by atoms with E-state index in [9.17, 15) is 9.59 Å². The van der Waals surface area contributed by atoms with E-state index >= 15 is 0 Å². The topological polar surface area (TPSA) is 92.4 Å². The molecule has 0 aliphatic rings. The highest BCUT2D eigenvalue weighted by Gasteiger charge is 2.30. The van der Waals surface area contributed by atoms with Crippen molar-refractivity contribution in [3.8, 4) is 0 Å². The number of hydrogen-bond donors (Lipinski definition) is 3. The highest BCUT2D eigenvalue weighted by molar-refractivity contribution is 6.31. The summed E-state index contributed by atoms with van der Waals surface area (Å²) in [6.07, 6.45) is 0.561. The molecule has 0 bridgehead atoms. The molecule has 1 atom stereocenters. The van der Waals surface area contributed by atoms with Crippen LogP contribution >= 0.6 is 11.6 Å². The summed E-state index contributed by atoms with van der Waals surface area (Å²) in [5.41, 5.74) is 5.04. The summed E-state index contributed by atoms with van der Waals surface area (Å²) in [6, 6.07) is 4.29. The van der Waals surface area contributed by atoms with Gasteiger partial charge < -0.3 is 16.2 Å². The van der Waals surface area contributed by atoms with Gasteiger partial charge in [-0.25, -0.2) is 4.79 Å². The minimum atomic E-state index is -1.15. The summed E-state index contributed by atoms with van der Waals surface area (Å²) < 4.78 is 0. The smallest absolute Gasteiger partial charge is 0.337 e. The van der Waals surface area contributed by atoms with E-state index in [-0.39, 0.29) is 23.7 Å². The van der Waals surface area contributed by atoms with Crippen LogP contribution in [0.4, 0.5) is 5.69 Å². The third-order valence-electron chi connectivity index (χ3n) is 3.24. The Balaban J connectivity index is 3.06. The number of aromatic carboxylic acids is 1. The molecule has 1 amide bonds. The molecule has 0 saturated heterocycles. The van der Waals surface area contributed by atoms with Crippen LogP contribution in [0.25, 0.3) is 0 Å². The number of benzene rings is 1. The molecule has 0 saturated carbocycles. The summed E-state index contributed by atoms with van der Waals surface area (Å²) in [5, 5.41) is 12.0. The average molecular weight is 285 g/mol. The van der Waals surface area contributed by atoms with Crippen LogP contribution in [0.1, 0.15) is 30.6 Å². The van der Waals surface area contributed by atoms with Crippen LogP contribution in [-0.4, -0.2) is 23.5 Å². The Labute approximate surface area is 116 Å². The number of nitrogens with two attached hydrogens (primary N) is 1. The fourth-order valence-corrected chi connectivity index (χ4v) is 1.65. The van der Waals surface area contributed by atoms with E-state index in [1.165, 1.54) is 18.2 Å². The van der Waals surface area contributed by atoms with Crippen molar-refractivity contribution in [1.82, 2.24) is 0 Å². The number of halogens is 1. The molecule has 0 radical (unpaired) electrons. The van der Waals surface area contributed by atoms with Crippen LogP contribution in [0.3, 0.4) is 0 Å². The molecule has 0 aliphatic heterocycles. The maximum absolute atomic E-state index is 12.1. The van der Waals surface area contributed by atoms with E-state index in [1.54, 1.807) is 6.92 Å². The first kappa shape index (κ1) is 15.5. The van der Waals surface area contributed by atoms with E-state index in [0.29, 0.717) is 11.4 Å². The van der Waals surface area contributed by atoms with Crippen molar-refractivity contribution < 1.29 is 14.7 Å². The predicted octanol–water partition coefficient (Wildman–Crippen LogP) is 2.35. The van der Waals surface area contributed by atoms with Crippen LogP contribution < -0.4 is 11.1 Å². The molecule has 5 nitrogen and oxygen atoms in total. The standard InChI is InChI=1S/C13H17ClN2O3/c1-3-13(2,7-15)12(19)16-10-5-4-8(14)6-9(10)11(17)18/h4-6H,3,7,15H2,1-2H3,(H,16,19)(H,17,18). The van der Waals surface area contributed by atoms with E-state index in [4.69, 9.17) is 22.4 Å². The zero-order chi connectivity index (χ0) is 14.6. The van der Waals surface area contributed by atoms with E-state index in [1.807, 2.05) is 6.92 Å². The van der Waals surface area contributed by atoms with Crippen LogP contribution in [0, 0.1) is 5.41 Å². The quantitative estimate of drug-likeness (QED) is 0.774. The highest BCUT2D eigenvalue weighted by atomic mass is 35.5. The number of carbonyl (C=O) groups excluding carboxylic acids is 1. The zero-order valence-electron chi connectivity index (χ0n) is 10.9. The number of carboxylic acids is 1. The third-order valence-corrected chi connectivity index (χ3v) is 3.47. The van der Waals surface area contributed by atoms with Crippen molar-refractivity contribution in [3.63, 3.8) is 0 Å². The van der Waals surface area contributed by atoms with Gasteiger partial charge in [0.15, 0.2) is 0 Å². The molecule has 0 aromatic heterocycles. The summed E-state index contributed by atoms with van der Waals surface area (Å²) in [5.74, 6) is -1.45. The van der Waals surface area contributed by atoms with Gasteiger partial charge in [-0.05, 0) is 31.5 Å². The lowest BCUT2D eigenvalue weighted by Gasteiger charge is -2.25. The fraction of sp³-hybridized carbons (Fsp3) is 0.385. The number of nitrogens with one attached hydrogen (secondary N) is 1. The van der Waals surface area contributed by atoms with E-state index in [0.717, 1.165) is 0 Å². The Morgan fingerprint density at radius 1 is 1.47 bits per heavy atom. The van der Waals surface area contributed by atoms with Gasteiger partial charge in [0.1, 0.15) is 0 Å². The average Bonchev–Trinajstić information content (AvgIpc) is 2.39. The predicted molar refractivity (Wildman–Crippen MR) is 74.5 cm³/mol. The van der Waals surface area contributed by atoms with Crippen LogP contribution in [0.15, 0.2) is 18.2 Å². The molecule has 6 heteroatoms. The lowest BCUT2D eigenvalue weighted by Crippen LogP contribution is -2.39. The van der Waals surface area contributed by atoms with Crippen molar-refractivity contribution in [2.24, 2.45) is 11.1 Å². The SMILES string of the molecule is CCC(C)(CN)C(=O)Nc1ccc(Cl)cc1C(=O)O. The van der Waals surface area contributed by atoms with Gasteiger partial charge >= 0.3 is 5.97 Å². The molecule has 19 heavy (non-hydrogen) atoms. The summed E-state index contributed by atoms with van der Waals surface area (Å²) in [6.45, 7) is 3.77. The normalized spacial score (nSPS) is 13.7. The van der Waals surface area contributed by atoms with E-state index in [2.05, 4.69) is 5.32 Å². The van der Waals surface area contributed by atoms with Crippen molar-refractivity contribution in [1.29, 1.82) is 0 Å². The second-order valence-electron chi connectivity index (χ2n) is 4.57. The molecular weight excluding hydrogens is 268 g/mol. The minimum absolute atomic E-state index is 0.0451. The first-order valence-corrected chi connectivity index (χ1v) is 6.26. The first-order valence-electron chi connectivity index (χ1n) is 5.88. The van der Waals surface area contributed by atoms with Gasteiger partial charge in [0.05, 0.1) is 16.7 Å². The van der Waals surface area contributed by atoms with Crippen molar-refractivity contribution in [2.75, 3.05) is 11.9 Å². The number of carbonyl (C=O) groups is 2. The molecule has 104 valence electrons. The first-order chi connectivity index (χ1) is 8.84. The lowest BCUT2D eigenvalue weighted by molar-refractivity contribution is -0.124. The van der Waals surface area contributed by atoms with Crippen molar-refractivity contribution in [2.45, 2.75) is 20.3 Å². The van der Waals surface area contributed by atoms with Gasteiger partial charge in [-0.1, -0.05) is 18.5 Å². The maximum atomic E-state index is 12.1. The zero-order valence-corrected chi connectivity index (χ0v) is 11.6. The second kappa shape index (κ2) is 6.04. The largest absolute Gasteiger partial charge is 0.478 e. The number of carboxylic acid groups (broad SMARTS) is 1. The molecule has 1 aromatic rings. The molecule has 1 aromatic carbocycles. The Morgan fingerprint density at radius 2 is 2.11 bits per heavy atom. The van der Waals surface area contributed by atoms with Crippen molar-refractivity contribution in [3.05, 3.63) is 28.8 Å². The molecule has 1 unspecified atom stereocenters. The summed E-state index contributed by atoms with van der Waals surface area (Å²) >= 11 is 5.75. The molecule has 0 aliphatic carbocycles. The third kappa shape index (κ3) is 3.45. The number of anilines is 1. The van der Waals surface area contributed by atoms with Gasteiger partial charge in [0.2, 0.25) is 5.91 Å². The van der Waals surface area contributed by atoms with Crippen LogP contribution in [0.2, 0.25) is 5.02 Å². The molecular formula is C13H17ClN2O3. The highest BCUT2D eigenvalue weighted by Crippen LogP contribution is 2.25. The fourth-order valence-electron chi connectivity index (χ4n) is 1.47. The molecule has 0 heterocycles. The number of rotatable bonds is 5. The minimum Gasteiger partial charge on any atom is -0.478 e. The monoisotopic (exact) mass is 284 g/mol. The Bertz CT molecular complexity index is 499. The van der Waals surface area contributed by atoms with Gasteiger partial charge in [0.25, 0.3) is 0 Å². The lowest BCUT2D eigenvalue weighted by atomic mass is 9.86. The Hall–Kier alpha value is -1.59. The Morgan fingerprint density at radius 3 is 2.58 bits per heavy atom. The van der Waals surface area contributed by atoms with Gasteiger partial charge in [0, 0.05) is 11.6 Å². The maximum Gasteiger partial charge on any atom is 0.337 e. The van der Waals surface area contributed by atoms with E-state index < -0.39 is 11.4 Å². The summed E-state index contributed by atoms with van der Waals surface area (Å²) in [4.78, 5) is 23.2. The molecule has 0 spiro atoms. The second-order valence-corrected chi connectivity index (χ2v) is 5.00. The van der Waals surface area contributed by atoms with Gasteiger partial charge in [-0.3, -0.25) is 4.79 Å². The summed E-state index contributed by atoms with van der Waals surface area (Å²) in [7, 11) is 0. The van der Waals surface area contributed by atoms with Gasteiger partial charge in [-0.15, -0.1) is 0 Å². The number of amides is 1. The Kier molecular flexibility index (Phi) is 4.91.